The van der Waals surface area contributed by atoms with Gasteiger partial charge in [-0.05, 0) is 37.6 Å². The van der Waals surface area contributed by atoms with Crippen LogP contribution in [0.4, 0.5) is 5.69 Å². The number of aromatic nitrogens is 3. The number of nitrogen functional groups attached to an aromatic ring is 1. The summed E-state index contributed by atoms with van der Waals surface area (Å²) in [5, 5.41) is 6.54. The molecule has 0 aliphatic heterocycles. The van der Waals surface area contributed by atoms with Gasteiger partial charge in [0.25, 0.3) is 0 Å². The maximum atomic E-state index is 11.4. The zero-order valence-corrected chi connectivity index (χ0v) is 10.2. The topological polar surface area (TPSA) is 93.9 Å². The number of nitrogens with zero attached hydrogens (tertiary/aromatic N) is 2. The Labute approximate surface area is 104 Å². The van der Waals surface area contributed by atoms with Gasteiger partial charge in [-0.25, -0.2) is 9.78 Å². The fourth-order valence-electron chi connectivity index (χ4n) is 1.50. The van der Waals surface area contributed by atoms with Crippen LogP contribution in [-0.2, 0) is 4.74 Å². The molecule has 0 saturated heterocycles. The Balaban J connectivity index is 2.29. The lowest BCUT2D eigenvalue weighted by atomic mass is 10.1. The van der Waals surface area contributed by atoms with Crippen LogP contribution in [0.1, 0.15) is 23.1 Å². The van der Waals surface area contributed by atoms with Crippen LogP contribution in [0.25, 0.3) is 11.4 Å². The van der Waals surface area contributed by atoms with Crippen LogP contribution in [0.5, 0.6) is 0 Å². The van der Waals surface area contributed by atoms with E-state index in [1.165, 1.54) is 0 Å². The second-order valence-electron chi connectivity index (χ2n) is 3.80. The highest BCUT2D eigenvalue weighted by Gasteiger charge is 2.13. The molecule has 0 atom stereocenters. The van der Waals surface area contributed by atoms with E-state index in [1.54, 1.807) is 19.1 Å². The molecular weight excluding hydrogens is 232 g/mol. The summed E-state index contributed by atoms with van der Waals surface area (Å²) >= 11 is 0. The van der Waals surface area contributed by atoms with Gasteiger partial charge in [-0.15, -0.1) is 0 Å². The van der Waals surface area contributed by atoms with Gasteiger partial charge in [0.15, 0.2) is 5.82 Å². The van der Waals surface area contributed by atoms with Crippen molar-refractivity contribution in [3.05, 3.63) is 29.6 Å². The van der Waals surface area contributed by atoms with Crippen molar-refractivity contribution in [2.45, 2.75) is 13.8 Å². The van der Waals surface area contributed by atoms with Gasteiger partial charge >= 0.3 is 5.97 Å². The molecule has 2 rings (SSSR count). The molecule has 6 heteroatoms. The standard InChI is InChI=1S/C12H14N4O2/c1-3-18-12(17)11-14-10(15-16-11)8-4-5-9(13)7(2)6-8/h4-6H,3,13H2,1-2H3,(H,14,15,16). The van der Waals surface area contributed by atoms with Crippen LogP contribution in [0.3, 0.4) is 0 Å². The average molecular weight is 246 g/mol. The molecule has 2 aromatic rings. The average Bonchev–Trinajstić information content (AvgIpc) is 2.82. The highest BCUT2D eigenvalue weighted by atomic mass is 16.5. The number of ether oxygens (including phenoxy) is 1. The first-order chi connectivity index (χ1) is 8.61. The van der Waals surface area contributed by atoms with E-state index >= 15 is 0 Å². The van der Waals surface area contributed by atoms with E-state index in [0.29, 0.717) is 18.1 Å². The van der Waals surface area contributed by atoms with Crippen molar-refractivity contribution < 1.29 is 9.53 Å². The fraction of sp³-hybridized carbons (Fsp3) is 0.250. The molecule has 0 saturated carbocycles. The number of nitrogens with two attached hydrogens (primary N) is 1. The van der Waals surface area contributed by atoms with Gasteiger partial charge in [-0.2, -0.15) is 5.10 Å². The van der Waals surface area contributed by atoms with Gasteiger partial charge < -0.3 is 10.5 Å². The minimum absolute atomic E-state index is 0.0985. The lowest BCUT2D eigenvalue weighted by Gasteiger charge is -2.01. The second kappa shape index (κ2) is 4.87. The first-order valence-electron chi connectivity index (χ1n) is 5.58. The van der Waals surface area contributed by atoms with Crippen molar-refractivity contribution >= 4 is 11.7 Å². The summed E-state index contributed by atoms with van der Waals surface area (Å²) in [5.74, 6) is 0.0332. The highest BCUT2D eigenvalue weighted by Crippen LogP contribution is 2.20. The zero-order valence-electron chi connectivity index (χ0n) is 10.2. The Morgan fingerprint density at radius 2 is 2.28 bits per heavy atom. The highest BCUT2D eigenvalue weighted by molar-refractivity contribution is 5.85. The van der Waals surface area contributed by atoms with Crippen LogP contribution in [0, 0.1) is 6.92 Å². The molecule has 1 aromatic heterocycles. The quantitative estimate of drug-likeness (QED) is 0.632. The number of hydrogen-bond acceptors (Lipinski definition) is 5. The molecule has 3 N–H and O–H groups in total. The van der Waals surface area contributed by atoms with E-state index in [9.17, 15) is 4.79 Å². The van der Waals surface area contributed by atoms with Crippen molar-refractivity contribution in [3.8, 4) is 11.4 Å². The lowest BCUT2D eigenvalue weighted by Crippen LogP contribution is -2.06. The van der Waals surface area contributed by atoms with E-state index in [0.717, 1.165) is 11.1 Å². The first kappa shape index (κ1) is 12.1. The van der Waals surface area contributed by atoms with Crippen LogP contribution in [-0.4, -0.2) is 27.8 Å². The third-order valence-corrected chi connectivity index (χ3v) is 2.48. The molecule has 0 bridgehead atoms. The van der Waals surface area contributed by atoms with Crippen LogP contribution >= 0.6 is 0 Å². The molecule has 6 nitrogen and oxygen atoms in total. The molecule has 1 aromatic carbocycles. The summed E-state index contributed by atoms with van der Waals surface area (Å²) < 4.78 is 4.83. The SMILES string of the molecule is CCOC(=O)c1nc(-c2ccc(N)c(C)c2)n[nH]1. The molecule has 18 heavy (non-hydrogen) atoms. The smallest absolute Gasteiger partial charge is 0.375 e. The Morgan fingerprint density at radius 3 is 2.94 bits per heavy atom. The van der Waals surface area contributed by atoms with E-state index < -0.39 is 5.97 Å². The van der Waals surface area contributed by atoms with E-state index in [-0.39, 0.29) is 5.82 Å². The van der Waals surface area contributed by atoms with Gasteiger partial charge in [0.05, 0.1) is 6.61 Å². The number of H-pyrrole nitrogens is 1. The van der Waals surface area contributed by atoms with Gasteiger partial charge in [-0.3, -0.25) is 5.10 Å². The molecule has 0 amide bonds. The molecule has 94 valence electrons. The summed E-state index contributed by atoms with van der Waals surface area (Å²) in [4.78, 5) is 15.5. The number of aromatic amines is 1. The summed E-state index contributed by atoms with van der Waals surface area (Å²) in [5.41, 5.74) is 8.18. The Kier molecular flexibility index (Phi) is 3.27. The molecule has 0 aliphatic rings. The van der Waals surface area contributed by atoms with Crippen molar-refractivity contribution in [2.75, 3.05) is 12.3 Å². The van der Waals surface area contributed by atoms with E-state index in [2.05, 4.69) is 15.2 Å². The summed E-state index contributed by atoms with van der Waals surface area (Å²) in [6, 6.07) is 5.46. The van der Waals surface area contributed by atoms with Crippen LogP contribution < -0.4 is 5.73 Å². The van der Waals surface area contributed by atoms with Gasteiger partial charge in [0.1, 0.15) is 0 Å². The second-order valence-corrected chi connectivity index (χ2v) is 3.80. The van der Waals surface area contributed by atoms with Crippen molar-refractivity contribution in [2.24, 2.45) is 0 Å². The molecule has 0 fully saturated rings. The number of hydrogen-bond donors (Lipinski definition) is 2. The number of carbonyl (C=O) groups is 1. The molecule has 0 radical (unpaired) electrons. The van der Waals surface area contributed by atoms with E-state index in [4.69, 9.17) is 10.5 Å². The number of esters is 1. The molecule has 0 aliphatic carbocycles. The number of aryl methyl sites for hydroxylation is 1. The number of carbonyl (C=O) groups excluding carboxylic acids is 1. The minimum atomic E-state index is -0.511. The Hall–Kier alpha value is -2.37. The summed E-state index contributed by atoms with van der Waals surface area (Å²) in [7, 11) is 0. The predicted molar refractivity (Wildman–Crippen MR) is 66.9 cm³/mol. The molecule has 0 unspecified atom stereocenters. The molecule has 1 heterocycles. The Bertz CT molecular complexity index is 577. The number of anilines is 1. The normalized spacial score (nSPS) is 10.3. The zero-order chi connectivity index (χ0) is 13.1. The fourth-order valence-corrected chi connectivity index (χ4v) is 1.50. The Morgan fingerprint density at radius 1 is 1.50 bits per heavy atom. The van der Waals surface area contributed by atoms with Gasteiger partial charge in [-0.1, -0.05) is 0 Å². The summed E-state index contributed by atoms with van der Waals surface area (Å²) in [6.45, 7) is 3.94. The van der Waals surface area contributed by atoms with E-state index in [1.807, 2.05) is 13.0 Å². The van der Waals surface area contributed by atoms with Crippen LogP contribution in [0.2, 0.25) is 0 Å². The number of rotatable bonds is 3. The van der Waals surface area contributed by atoms with Crippen molar-refractivity contribution in [1.29, 1.82) is 0 Å². The molecule has 0 spiro atoms. The van der Waals surface area contributed by atoms with Crippen LogP contribution in [0.15, 0.2) is 18.2 Å². The minimum Gasteiger partial charge on any atom is -0.460 e. The van der Waals surface area contributed by atoms with Crippen molar-refractivity contribution in [1.82, 2.24) is 15.2 Å². The third kappa shape index (κ3) is 2.32. The predicted octanol–water partition coefficient (Wildman–Crippen LogP) is 1.54. The lowest BCUT2D eigenvalue weighted by molar-refractivity contribution is 0.0512. The number of benzene rings is 1. The maximum Gasteiger partial charge on any atom is 0.375 e. The van der Waals surface area contributed by atoms with Crippen molar-refractivity contribution in [3.63, 3.8) is 0 Å². The first-order valence-corrected chi connectivity index (χ1v) is 5.58. The monoisotopic (exact) mass is 246 g/mol. The summed E-state index contributed by atoms with van der Waals surface area (Å²) in [6.07, 6.45) is 0. The van der Waals surface area contributed by atoms with Gasteiger partial charge in [0.2, 0.25) is 5.82 Å². The largest absolute Gasteiger partial charge is 0.460 e. The maximum absolute atomic E-state index is 11.4. The number of nitrogens with one attached hydrogen (secondary N) is 1. The third-order valence-electron chi connectivity index (χ3n) is 2.48. The van der Waals surface area contributed by atoms with Gasteiger partial charge in [0, 0.05) is 11.3 Å². The molecular formula is C12H14N4O2.